The van der Waals surface area contributed by atoms with Crippen molar-refractivity contribution >= 4 is 34.8 Å². The van der Waals surface area contributed by atoms with E-state index in [9.17, 15) is 9.59 Å². The Bertz CT molecular complexity index is 847. The minimum atomic E-state index is -1.08. The molecule has 0 aliphatic carbocycles. The Labute approximate surface area is 157 Å². The quantitative estimate of drug-likeness (QED) is 0.880. The van der Waals surface area contributed by atoms with Crippen LogP contribution in [0.3, 0.4) is 0 Å². The average molecular weight is 373 g/mol. The van der Waals surface area contributed by atoms with Crippen LogP contribution >= 0.6 is 11.6 Å². The van der Waals surface area contributed by atoms with E-state index in [0.29, 0.717) is 23.0 Å². The van der Waals surface area contributed by atoms with Crippen LogP contribution in [-0.4, -0.2) is 24.0 Å². The molecule has 0 unspecified atom stereocenters. The molecule has 0 radical (unpaired) electrons. The van der Waals surface area contributed by atoms with E-state index in [1.807, 2.05) is 18.2 Å². The maximum atomic E-state index is 12.7. The van der Waals surface area contributed by atoms with Crippen molar-refractivity contribution in [2.75, 3.05) is 16.8 Å². The van der Waals surface area contributed by atoms with Crippen LogP contribution in [0.1, 0.15) is 26.3 Å². The lowest BCUT2D eigenvalue weighted by Gasteiger charge is -2.25. The van der Waals surface area contributed by atoms with Gasteiger partial charge in [-0.15, -0.1) is 0 Å². The number of hydrogen-bond acceptors (Lipinski definition) is 3. The number of fused-ring (bicyclic) bond motifs is 1. The zero-order valence-electron chi connectivity index (χ0n) is 15.0. The minimum Gasteiger partial charge on any atom is -0.478 e. The summed E-state index contributed by atoms with van der Waals surface area (Å²) in [6, 6.07) is 12.5. The second kappa shape index (κ2) is 7.00. The van der Waals surface area contributed by atoms with Gasteiger partial charge in [0.05, 0.1) is 0 Å². The second-order valence-electron chi connectivity index (χ2n) is 6.78. The summed E-state index contributed by atoms with van der Waals surface area (Å²) in [5.74, 6) is 0.282. The largest absolute Gasteiger partial charge is 0.478 e. The zero-order valence-corrected chi connectivity index (χ0v) is 15.8. The molecule has 0 spiro atoms. The van der Waals surface area contributed by atoms with Crippen molar-refractivity contribution in [2.24, 2.45) is 0 Å². The fraction of sp³-hybridized carbons (Fsp3) is 0.300. The number of amides is 2. The first-order chi connectivity index (χ1) is 12.3. The molecule has 5 nitrogen and oxygen atoms in total. The number of benzene rings is 2. The highest BCUT2D eigenvalue weighted by molar-refractivity contribution is 6.30. The Morgan fingerprint density at radius 1 is 1.15 bits per heavy atom. The van der Waals surface area contributed by atoms with Crippen LogP contribution in [0.2, 0.25) is 5.02 Å². The van der Waals surface area contributed by atoms with Gasteiger partial charge in [-0.05, 0) is 62.2 Å². The molecule has 1 heterocycles. The molecule has 1 aliphatic rings. The van der Waals surface area contributed by atoms with Crippen LogP contribution in [0.4, 0.5) is 11.4 Å². The molecule has 6 heteroatoms. The number of ether oxygens (including phenoxy) is 1. The summed E-state index contributed by atoms with van der Waals surface area (Å²) in [6.45, 7) is 5.62. The van der Waals surface area contributed by atoms with Crippen molar-refractivity contribution < 1.29 is 14.3 Å². The van der Waals surface area contributed by atoms with Gasteiger partial charge in [-0.1, -0.05) is 17.7 Å². The molecule has 0 saturated heterocycles. The third kappa shape index (κ3) is 3.83. The van der Waals surface area contributed by atoms with Crippen molar-refractivity contribution in [1.29, 1.82) is 0 Å². The van der Waals surface area contributed by atoms with Crippen LogP contribution in [-0.2, 0) is 16.0 Å². The van der Waals surface area contributed by atoms with E-state index in [1.54, 1.807) is 49.9 Å². The number of nitrogens with one attached hydrogen (secondary N) is 1. The van der Waals surface area contributed by atoms with Gasteiger partial charge in [-0.25, -0.2) is 0 Å². The van der Waals surface area contributed by atoms with E-state index in [4.69, 9.17) is 16.3 Å². The highest BCUT2D eigenvalue weighted by Gasteiger charge is 2.31. The first kappa shape index (κ1) is 18.3. The van der Waals surface area contributed by atoms with Gasteiger partial charge in [-0.2, -0.15) is 0 Å². The number of nitrogens with zero attached hydrogens (tertiary/aromatic N) is 1. The summed E-state index contributed by atoms with van der Waals surface area (Å²) >= 11 is 5.87. The third-order valence-corrected chi connectivity index (χ3v) is 4.60. The Balaban J connectivity index is 1.74. The Hall–Kier alpha value is -2.53. The van der Waals surface area contributed by atoms with Gasteiger partial charge in [0.15, 0.2) is 5.60 Å². The van der Waals surface area contributed by atoms with Gasteiger partial charge in [0, 0.05) is 29.9 Å². The van der Waals surface area contributed by atoms with Gasteiger partial charge in [0.25, 0.3) is 5.91 Å². The molecule has 2 aromatic rings. The zero-order chi connectivity index (χ0) is 18.9. The van der Waals surface area contributed by atoms with Crippen LogP contribution in [0.5, 0.6) is 5.75 Å². The summed E-state index contributed by atoms with van der Waals surface area (Å²) in [5, 5.41) is 3.48. The lowest BCUT2D eigenvalue weighted by Crippen LogP contribution is -2.42. The first-order valence-electron chi connectivity index (χ1n) is 8.43. The van der Waals surface area contributed by atoms with E-state index >= 15 is 0 Å². The maximum Gasteiger partial charge on any atom is 0.267 e. The predicted molar refractivity (Wildman–Crippen MR) is 103 cm³/mol. The van der Waals surface area contributed by atoms with Crippen LogP contribution in [0, 0.1) is 0 Å². The van der Waals surface area contributed by atoms with Crippen LogP contribution < -0.4 is 15.0 Å². The standard InChI is InChI=1S/C20H21ClN2O3/c1-13(24)23-11-10-14-4-7-16(12-18(14)23)22-19(25)20(2,3)26-17-8-5-15(21)6-9-17/h4-9,12H,10-11H2,1-3H3,(H,22,25). The van der Waals surface area contributed by atoms with Crippen LogP contribution in [0.15, 0.2) is 42.5 Å². The molecule has 1 N–H and O–H groups in total. The highest BCUT2D eigenvalue weighted by Crippen LogP contribution is 2.31. The van der Waals surface area contributed by atoms with Gasteiger partial charge in [0.2, 0.25) is 5.91 Å². The summed E-state index contributed by atoms with van der Waals surface area (Å²) in [5.41, 5.74) is 1.52. The molecule has 3 rings (SSSR count). The van der Waals surface area contributed by atoms with E-state index in [1.165, 1.54) is 0 Å². The maximum absolute atomic E-state index is 12.7. The van der Waals surface area contributed by atoms with Gasteiger partial charge >= 0.3 is 0 Å². The van der Waals surface area contributed by atoms with E-state index in [-0.39, 0.29) is 11.8 Å². The summed E-state index contributed by atoms with van der Waals surface area (Å²) < 4.78 is 5.81. The molecule has 0 fully saturated rings. The molecule has 0 saturated carbocycles. The summed E-state index contributed by atoms with van der Waals surface area (Å²) in [6.07, 6.45) is 0.828. The third-order valence-electron chi connectivity index (χ3n) is 4.35. The summed E-state index contributed by atoms with van der Waals surface area (Å²) in [7, 11) is 0. The van der Waals surface area contributed by atoms with Crippen molar-refractivity contribution in [3.8, 4) is 5.75 Å². The Morgan fingerprint density at radius 3 is 2.50 bits per heavy atom. The van der Waals surface area contributed by atoms with Gasteiger partial charge in [0.1, 0.15) is 5.75 Å². The van der Waals surface area contributed by atoms with Crippen molar-refractivity contribution in [3.05, 3.63) is 53.1 Å². The number of carbonyl (C=O) groups is 2. The van der Waals surface area contributed by atoms with Crippen molar-refractivity contribution in [1.82, 2.24) is 0 Å². The second-order valence-corrected chi connectivity index (χ2v) is 7.22. The molecule has 0 atom stereocenters. The normalized spacial score (nSPS) is 13.3. The molecule has 0 bridgehead atoms. The predicted octanol–water partition coefficient (Wildman–Crippen LogP) is 4.05. The van der Waals surface area contributed by atoms with Crippen LogP contribution in [0.25, 0.3) is 0 Å². The summed E-state index contributed by atoms with van der Waals surface area (Å²) in [4.78, 5) is 26.1. The van der Waals surface area contributed by atoms with E-state index in [0.717, 1.165) is 17.7 Å². The lowest BCUT2D eigenvalue weighted by atomic mass is 10.1. The topological polar surface area (TPSA) is 58.6 Å². The van der Waals surface area contributed by atoms with Gasteiger partial charge < -0.3 is 15.0 Å². The fourth-order valence-corrected chi connectivity index (χ4v) is 3.04. The highest BCUT2D eigenvalue weighted by atomic mass is 35.5. The SMILES string of the molecule is CC(=O)N1CCc2ccc(NC(=O)C(C)(C)Oc3ccc(Cl)cc3)cc21. The van der Waals surface area contributed by atoms with E-state index in [2.05, 4.69) is 5.32 Å². The molecular weight excluding hydrogens is 352 g/mol. The number of halogens is 1. The fourth-order valence-electron chi connectivity index (χ4n) is 2.91. The molecule has 0 aromatic heterocycles. The Morgan fingerprint density at radius 2 is 1.85 bits per heavy atom. The monoisotopic (exact) mass is 372 g/mol. The number of hydrogen-bond donors (Lipinski definition) is 1. The average Bonchev–Trinajstić information content (AvgIpc) is 3.00. The Kier molecular flexibility index (Phi) is 4.92. The molecule has 1 aliphatic heterocycles. The van der Waals surface area contributed by atoms with Crippen molar-refractivity contribution in [3.63, 3.8) is 0 Å². The molecule has 136 valence electrons. The molecular formula is C20H21ClN2O3. The smallest absolute Gasteiger partial charge is 0.267 e. The molecule has 2 aromatic carbocycles. The van der Waals surface area contributed by atoms with E-state index < -0.39 is 5.60 Å². The van der Waals surface area contributed by atoms with Gasteiger partial charge in [-0.3, -0.25) is 9.59 Å². The number of carbonyl (C=O) groups excluding carboxylic acids is 2. The molecule has 2 amide bonds. The number of anilines is 2. The lowest BCUT2D eigenvalue weighted by molar-refractivity contribution is -0.128. The van der Waals surface area contributed by atoms with Crippen molar-refractivity contribution in [2.45, 2.75) is 32.8 Å². The minimum absolute atomic E-state index is 0.00127. The number of rotatable bonds is 4. The molecule has 26 heavy (non-hydrogen) atoms. The first-order valence-corrected chi connectivity index (χ1v) is 8.81.